The number of carbonyl (C=O) groups excluding carboxylic acids is 2. The number of hydrogen-bond donors (Lipinski definition) is 0. The fourth-order valence-corrected chi connectivity index (χ4v) is 2.45. The van der Waals surface area contributed by atoms with Gasteiger partial charge in [0.2, 0.25) is 5.91 Å². The summed E-state index contributed by atoms with van der Waals surface area (Å²) in [5.41, 5.74) is 0. The van der Waals surface area contributed by atoms with Crippen molar-refractivity contribution in [2.24, 2.45) is 0 Å². The summed E-state index contributed by atoms with van der Waals surface area (Å²) in [7, 11) is 1.39. The van der Waals surface area contributed by atoms with Crippen LogP contribution in [0.1, 0.15) is 19.3 Å². The fraction of sp³-hybridized carbons (Fsp3) is 0.600. The molecule has 1 aliphatic rings. The molecule has 0 radical (unpaired) electrons. The lowest BCUT2D eigenvalue weighted by atomic mass is 10.0. The van der Waals surface area contributed by atoms with Crippen molar-refractivity contribution in [2.75, 3.05) is 33.3 Å². The van der Waals surface area contributed by atoms with E-state index < -0.39 is 0 Å². The minimum atomic E-state index is -0.299. The Labute approximate surface area is 120 Å². The summed E-state index contributed by atoms with van der Waals surface area (Å²) in [6.45, 7) is 9.27. The average molecular weight is 280 g/mol. The first kappa shape index (κ1) is 16.4. The first-order valence-electron chi connectivity index (χ1n) is 6.95. The Hall–Kier alpha value is -1.62. The van der Waals surface area contributed by atoms with Gasteiger partial charge in [0, 0.05) is 13.1 Å². The number of carbonyl (C=O) groups is 2. The second-order valence-corrected chi connectivity index (χ2v) is 4.88. The highest BCUT2D eigenvalue weighted by Crippen LogP contribution is 2.18. The zero-order chi connectivity index (χ0) is 15.0. The summed E-state index contributed by atoms with van der Waals surface area (Å²) in [5, 5.41) is 0. The number of hydrogen-bond acceptors (Lipinski definition) is 4. The lowest BCUT2D eigenvalue weighted by Crippen LogP contribution is -2.50. The molecule has 0 aromatic heterocycles. The maximum Gasteiger partial charge on any atom is 0.323 e. The van der Waals surface area contributed by atoms with E-state index in [1.54, 1.807) is 17.1 Å². The number of nitrogens with zero attached hydrogens (tertiary/aromatic N) is 2. The molecule has 0 N–H and O–H groups in total. The van der Waals surface area contributed by atoms with Crippen LogP contribution in [0.5, 0.6) is 0 Å². The molecule has 0 aliphatic carbocycles. The molecule has 1 atom stereocenters. The molecule has 1 fully saturated rings. The number of rotatable bonds is 7. The predicted octanol–water partition coefficient (Wildman–Crippen LogP) is 1.21. The van der Waals surface area contributed by atoms with Gasteiger partial charge in [-0.05, 0) is 19.4 Å². The molecule has 0 spiro atoms. The van der Waals surface area contributed by atoms with E-state index >= 15 is 0 Å². The van der Waals surface area contributed by atoms with Crippen molar-refractivity contribution in [1.29, 1.82) is 0 Å². The number of piperidine rings is 1. The molecule has 20 heavy (non-hydrogen) atoms. The summed E-state index contributed by atoms with van der Waals surface area (Å²) in [4.78, 5) is 27.6. The van der Waals surface area contributed by atoms with Crippen molar-refractivity contribution >= 4 is 11.9 Å². The van der Waals surface area contributed by atoms with Crippen LogP contribution in [0, 0.1) is 0 Å². The van der Waals surface area contributed by atoms with Crippen LogP contribution < -0.4 is 0 Å². The number of ether oxygens (including phenoxy) is 1. The molecule has 0 saturated carbocycles. The largest absolute Gasteiger partial charge is 0.468 e. The molecule has 0 bridgehead atoms. The Morgan fingerprint density at radius 2 is 1.95 bits per heavy atom. The highest BCUT2D eigenvalue weighted by molar-refractivity contribution is 5.81. The van der Waals surface area contributed by atoms with Crippen LogP contribution in [0.25, 0.3) is 0 Å². The van der Waals surface area contributed by atoms with Crippen LogP contribution in [-0.4, -0.2) is 61.0 Å². The van der Waals surface area contributed by atoms with Gasteiger partial charge in [-0.25, -0.2) is 0 Å². The SMILES string of the molecule is C=CCN(CC=C)C(=O)CN1CCCC[C@@H]1C(=O)OC. The Bertz CT molecular complexity index is 358. The van der Waals surface area contributed by atoms with Gasteiger partial charge in [0.1, 0.15) is 6.04 Å². The Morgan fingerprint density at radius 1 is 1.30 bits per heavy atom. The summed E-state index contributed by atoms with van der Waals surface area (Å²) < 4.78 is 4.82. The van der Waals surface area contributed by atoms with Crippen molar-refractivity contribution in [3.63, 3.8) is 0 Å². The maximum atomic E-state index is 12.3. The van der Waals surface area contributed by atoms with Gasteiger partial charge in [-0.1, -0.05) is 18.6 Å². The zero-order valence-corrected chi connectivity index (χ0v) is 12.2. The number of methoxy groups -OCH3 is 1. The molecule has 1 rings (SSSR count). The summed E-state index contributed by atoms with van der Waals surface area (Å²) in [6, 6.07) is -0.299. The third-order valence-corrected chi connectivity index (χ3v) is 3.48. The van der Waals surface area contributed by atoms with Crippen LogP contribution in [0.4, 0.5) is 0 Å². The van der Waals surface area contributed by atoms with Crippen LogP contribution in [0.3, 0.4) is 0 Å². The van der Waals surface area contributed by atoms with E-state index in [1.165, 1.54) is 7.11 Å². The van der Waals surface area contributed by atoms with Crippen LogP contribution >= 0.6 is 0 Å². The van der Waals surface area contributed by atoms with Crippen molar-refractivity contribution in [3.8, 4) is 0 Å². The van der Waals surface area contributed by atoms with E-state index in [1.807, 2.05) is 4.90 Å². The summed E-state index contributed by atoms with van der Waals surface area (Å²) in [6.07, 6.45) is 6.13. The molecular weight excluding hydrogens is 256 g/mol. The minimum Gasteiger partial charge on any atom is -0.468 e. The Morgan fingerprint density at radius 3 is 2.50 bits per heavy atom. The summed E-state index contributed by atoms with van der Waals surface area (Å²) in [5.74, 6) is -0.267. The van der Waals surface area contributed by atoms with Gasteiger partial charge in [0.25, 0.3) is 0 Å². The van der Waals surface area contributed by atoms with E-state index in [0.29, 0.717) is 13.1 Å². The minimum absolute atomic E-state index is 0.0133. The van der Waals surface area contributed by atoms with E-state index in [0.717, 1.165) is 25.8 Å². The number of amides is 1. The fourth-order valence-electron chi connectivity index (χ4n) is 2.45. The first-order chi connectivity index (χ1) is 9.63. The van der Waals surface area contributed by atoms with Crippen molar-refractivity contribution in [3.05, 3.63) is 25.3 Å². The van der Waals surface area contributed by atoms with Crippen LogP contribution in [0.2, 0.25) is 0 Å². The van der Waals surface area contributed by atoms with Gasteiger partial charge < -0.3 is 9.64 Å². The molecule has 0 unspecified atom stereocenters. The Balaban J connectivity index is 2.66. The third kappa shape index (κ3) is 4.49. The van der Waals surface area contributed by atoms with Crippen LogP contribution in [0.15, 0.2) is 25.3 Å². The van der Waals surface area contributed by atoms with Gasteiger partial charge in [-0.15, -0.1) is 13.2 Å². The monoisotopic (exact) mass is 280 g/mol. The van der Waals surface area contributed by atoms with Crippen molar-refractivity contribution in [1.82, 2.24) is 9.80 Å². The smallest absolute Gasteiger partial charge is 0.323 e. The molecular formula is C15H24N2O3. The second-order valence-electron chi connectivity index (χ2n) is 4.88. The normalized spacial score (nSPS) is 19.1. The molecule has 112 valence electrons. The van der Waals surface area contributed by atoms with Crippen molar-refractivity contribution in [2.45, 2.75) is 25.3 Å². The molecule has 1 heterocycles. The average Bonchev–Trinajstić information content (AvgIpc) is 2.46. The number of esters is 1. The molecule has 1 amide bonds. The van der Waals surface area contributed by atoms with E-state index in [-0.39, 0.29) is 24.5 Å². The molecule has 5 nitrogen and oxygen atoms in total. The van der Waals surface area contributed by atoms with E-state index in [2.05, 4.69) is 13.2 Å². The Kier molecular flexibility index (Phi) is 7.01. The van der Waals surface area contributed by atoms with E-state index in [4.69, 9.17) is 4.74 Å². The quantitative estimate of drug-likeness (QED) is 0.519. The van der Waals surface area contributed by atoms with Gasteiger partial charge in [0.05, 0.1) is 13.7 Å². The predicted molar refractivity (Wildman–Crippen MR) is 78.2 cm³/mol. The van der Waals surface area contributed by atoms with Gasteiger partial charge >= 0.3 is 5.97 Å². The van der Waals surface area contributed by atoms with Crippen LogP contribution in [-0.2, 0) is 14.3 Å². The second kappa shape index (κ2) is 8.53. The van der Waals surface area contributed by atoms with E-state index in [9.17, 15) is 9.59 Å². The maximum absolute atomic E-state index is 12.3. The zero-order valence-electron chi connectivity index (χ0n) is 12.2. The topological polar surface area (TPSA) is 49.9 Å². The molecule has 1 aliphatic heterocycles. The highest BCUT2D eigenvalue weighted by atomic mass is 16.5. The number of likely N-dealkylation sites (tertiary alicyclic amines) is 1. The molecule has 1 saturated heterocycles. The lowest BCUT2D eigenvalue weighted by Gasteiger charge is -2.34. The molecule has 0 aromatic rings. The summed E-state index contributed by atoms with van der Waals surface area (Å²) >= 11 is 0. The third-order valence-electron chi connectivity index (χ3n) is 3.48. The first-order valence-corrected chi connectivity index (χ1v) is 6.95. The van der Waals surface area contributed by atoms with Crippen molar-refractivity contribution < 1.29 is 14.3 Å². The van der Waals surface area contributed by atoms with Gasteiger partial charge in [0.15, 0.2) is 0 Å². The van der Waals surface area contributed by atoms with Gasteiger partial charge in [-0.2, -0.15) is 0 Å². The van der Waals surface area contributed by atoms with Gasteiger partial charge in [-0.3, -0.25) is 14.5 Å². The molecule has 5 heteroatoms. The lowest BCUT2D eigenvalue weighted by molar-refractivity contribution is -0.149. The molecule has 0 aromatic carbocycles. The highest BCUT2D eigenvalue weighted by Gasteiger charge is 2.31. The standard InChI is InChI=1S/C15H24N2O3/c1-4-9-16(10-5-2)14(18)12-17-11-7-6-8-13(17)15(19)20-3/h4-5,13H,1-2,6-12H2,3H3/t13-/m1/s1.